The van der Waals surface area contributed by atoms with Gasteiger partial charge in [-0.05, 0) is 14.1 Å². The molecule has 64 valence electrons. The highest BCUT2D eigenvalue weighted by atomic mass is 16.2. The standard InChI is InChI=1S/C6H14N4O/c1-10(2)4-3-9-6(11)5(7)8/h3-4H2,1-2H3,(H3,7,8)(H,9,11). The van der Waals surface area contributed by atoms with Crippen LogP contribution in [0.3, 0.4) is 0 Å². The van der Waals surface area contributed by atoms with Gasteiger partial charge in [-0.15, -0.1) is 0 Å². The van der Waals surface area contributed by atoms with E-state index in [0.29, 0.717) is 6.54 Å². The Morgan fingerprint density at radius 1 is 1.64 bits per heavy atom. The van der Waals surface area contributed by atoms with Gasteiger partial charge in [0, 0.05) is 13.1 Å². The number of nitrogens with zero attached hydrogens (tertiary/aromatic N) is 1. The van der Waals surface area contributed by atoms with Crippen molar-refractivity contribution in [2.24, 2.45) is 5.73 Å². The van der Waals surface area contributed by atoms with Crippen molar-refractivity contribution in [3.8, 4) is 0 Å². The quantitative estimate of drug-likeness (QED) is 0.349. The summed E-state index contributed by atoms with van der Waals surface area (Å²) in [4.78, 5) is 12.6. The predicted molar refractivity (Wildman–Crippen MR) is 43.5 cm³/mol. The van der Waals surface area contributed by atoms with E-state index in [2.05, 4.69) is 5.32 Å². The molecule has 0 rings (SSSR count). The number of amidine groups is 1. The Morgan fingerprint density at radius 3 is 2.55 bits per heavy atom. The summed E-state index contributed by atoms with van der Waals surface area (Å²) in [6.07, 6.45) is 0. The van der Waals surface area contributed by atoms with E-state index >= 15 is 0 Å². The van der Waals surface area contributed by atoms with E-state index in [1.54, 1.807) is 0 Å². The van der Waals surface area contributed by atoms with E-state index in [1.807, 2.05) is 19.0 Å². The van der Waals surface area contributed by atoms with Crippen molar-refractivity contribution in [1.82, 2.24) is 10.2 Å². The van der Waals surface area contributed by atoms with E-state index < -0.39 is 11.7 Å². The average molecular weight is 158 g/mol. The third-order valence-corrected chi connectivity index (χ3v) is 1.09. The van der Waals surface area contributed by atoms with Crippen molar-refractivity contribution in [2.45, 2.75) is 0 Å². The van der Waals surface area contributed by atoms with E-state index in [9.17, 15) is 4.79 Å². The third kappa shape index (κ3) is 5.35. The van der Waals surface area contributed by atoms with E-state index in [0.717, 1.165) is 6.54 Å². The molecule has 0 bridgehead atoms. The van der Waals surface area contributed by atoms with Crippen molar-refractivity contribution >= 4 is 11.7 Å². The SMILES string of the molecule is CN(C)CCNC(=O)C(=N)N. The first-order valence-corrected chi connectivity index (χ1v) is 3.31. The fraction of sp³-hybridized carbons (Fsp3) is 0.667. The summed E-state index contributed by atoms with van der Waals surface area (Å²) in [5.41, 5.74) is 4.91. The Balaban J connectivity index is 3.40. The van der Waals surface area contributed by atoms with Crippen LogP contribution in [-0.2, 0) is 4.79 Å². The second-order valence-electron chi connectivity index (χ2n) is 2.47. The molecular formula is C6H14N4O. The van der Waals surface area contributed by atoms with Gasteiger partial charge in [-0.3, -0.25) is 10.2 Å². The lowest BCUT2D eigenvalue weighted by Gasteiger charge is -2.09. The minimum atomic E-state index is -0.508. The molecule has 0 saturated carbocycles. The zero-order valence-corrected chi connectivity index (χ0v) is 6.85. The first-order chi connectivity index (χ1) is 5.04. The van der Waals surface area contributed by atoms with Crippen LogP contribution in [0.15, 0.2) is 0 Å². The molecule has 0 aromatic heterocycles. The van der Waals surface area contributed by atoms with Gasteiger partial charge >= 0.3 is 0 Å². The summed E-state index contributed by atoms with van der Waals surface area (Å²) < 4.78 is 0. The van der Waals surface area contributed by atoms with E-state index in [1.165, 1.54) is 0 Å². The number of nitrogens with two attached hydrogens (primary N) is 1. The van der Waals surface area contributed by atoms with Gasteiger partial charge in [0.15, 0.2) is 5.84 Å². The molecule has 5 heteroatoms. The molecule has 11 heavy (non-hydrogen) atoms. The van der Waals surface area contributed by atoms with Crippen LogP contribution in [-0.4, -0.2) is 43.8 Å². The summed E-state index contributed by atoms with van der Waals surface area (Å²) in [6.45, 7) is 1.27. The normalized spacial score (nSPS) is 9.73. The molecule has 1 amide bonds. The van der Waals surface area contributed by atoms with Gasteiger partial charge in [-0.2, -0.15) is 0 Å². The first-order valence-electron chi connectivity index (χ1n) is 3.31. The average Bonchev–Trinajstić information content (AvgIpc) is 1.86. The molecule has 0 aliphatic heterocycles. The Morgan fingerprint density at radius 2 is 2.18 bits per heavy atom. The second-order valence-corrected chi connectivity index (χ2v) is 2.47. The summed E-state index contributed by atoms with van der Waals surface area (Å²) in [6, 6.07) is 0. The summed E-state index contributed by atoms with van der Waals surface area (Å²) in [5.74, 6) is -0.949. The lowest BCUT2D eigenvalue weighted by molar-refractivity contribution is -0.115. The molecule has 5 nitrogen and oxygen atoms in total. The molecule has 0 aromatic carbocycles. The van der Waals surface area contributed by atoms with Crippen LogP contribution in [0, 0.1) is 5.41 Å². The van der Waals surface area contributed by atoms with Crippen LogP contribution in [0.2, 0.25) is 0 Å². The van der Waals surface area contributed by atoms with Gasteiger partial charge in [-0.1, -0.05) is 0 Å². The summed E-state index contributed by atoms with van der Waals surface area (Å²) in [7, 11) is 3.81. The van der Waals surface area contributed by atoms with Crippen LogP contribution >= 0.6 is 0 Å². The number of amides is 1. The smallest absolute Gasteiger partial charge is 0.285 e. The van der Waals surface area contributed by atoms with Gasteiger partial charge < -0.3 is 16.0 Å². The molecule has 0 atom stereocenters. The lowest BCUT2D eigenvalue weighted by Crippen LogP contribution is -2.38. The van der Waals surface area contributed by atoms with Crippen LogP contribution in [0.25, 0.3) is 0 Å². The maximum Gasteiger partial charge on any atom is 0.285 e. The molecule has 0 saturated heterocycles. The maximum atomic E-state index is 10.6. The first kappa shape index (κ1) is 9.90. The summed E-state index contributed by atoms with van der Waals surface area (Å²) >= 11 is 0. The molecule has 0 aliphatic rings. The molecule has 4 N–H and O–H groups in total. The highest BCUT2D eigenvalue weighted by molar-refractivity contribution is 6.35. The van der Waals surface area contributed by atoms with Gasteiger partial charge in [0.1, 0.15) is 0 Å². The monoisotopic (exact) mass is 158 g/mol. The van der Waals surface area contributed by atoms with Crippen LogP contribution in [0.5, 0.6) is 0 Å². The number of nitrogens with one attached hydrogen (secondary N) is 2. The van der Waals surface area contributed by atoms with Gasteiger partial charge in [0.25, 0.3) is 5.91 Å². The molecule has 0 unspecified atom stereocenters. The lowest BCUT2D eigenvalue weighted by atomic mass is 10.5. The van der Waals surface area contributed by atoms with E-state index in [4.69, 9.17) is 11.1 Å². The van der Waals surface area contributed by atoms with Crippen molar-refractivity contribution < 1.29 is 4.79 Å². The highest BCUT2D eigenvalue weighted by Gasteiger charge is 2.01. The molecule has 0 radical (unpaired) electrons. The topological polar surface area (TPSA) is 82.2 Å². The third-order valence-electron chi connectivity index (χ3n) is 1.09. The van der Waals surface area contributed by atoms with Gasteiger partial charge in [0.2, 0.25) is 0 Å². The van der Waals surface area contributed by atoms with Gasteiger partial charge in [-0.25, -0.2) is 0 Å². The van der Waals surface area contributed by atoms with Crippen molar-refractivity contribution in [2.75, 3.05) is 27.2 Å². The van der Waals surface area contributed by atoms with Crippen molar-refractivity contribution in [1.29, 1.82) is 5.41 Å². The largest absolute Gasteiger partial charge is 0.380 e. The van der Waals surface area contributed by atoms with Crippen LogP contribution in [0.1, 0.15) is 0 Å². The zero-order chi connectivity index (χ0) is 8.85. The summed E-state index contributed by atoms with van der Waals surface area (Å²) in [5, 5.41) is 9.22. The fourth-order valence-electron chi connectivity index (χ4n) is 0.488. The minimum absolute atomic E-state index is 0.441. The second kappa shape index (κ2) is 4.68. The molecule has 0 fully saturated rings. The highest BCUT2D eigenvalue weighted by Crippen LogP contribution is 1.70. The molecule has 0 aromatic rings. The Labute approximate surface area is 66.1 Å². The number of carbonyl (C=O) groups excluding carboxylic acids is 1. The maximum absolute atomic E-state index is 10.6. The molecule has 0 spiro atoms. The number of rotatable bonds is 3. The number of likely N-dealkylation sites (N-methyl/N-ethyl adjacent to an activating group) is 1. The number of carbonyl (C=O) groups is 1. The predicted octanol–water partition coefficient (Wildman–Crippen LogP) is -1.40. The number of hydrogen-bond donors (Lipinski definition) is 3. The molecule has 0 heterocycles. The molecular weight excluding hydrogens is 144 g/mol. The van der Waals surface area contributed by atoms with Gasteiger partial charge in [0.05, 0.1) is 0 Å². The Hall–Kier alpha value is -1.10. The van der Waals surface area contributed by atoms with E-state index in [-0.39, 0.29) is 0 Å². The Kier molecular flexibility index (Phi) is 4.21. The minimum Gasteiger partial charge on any atom is -0.380 e. The van der Waals surface area contributed by atoms with Crippen LogP contribution < -0.4 is 11.1 Å². The Bertz CT molecular complexity index is 155. The number of hydrogen-bond acceptors (Lipinski definition) is 3. The van der Waals surface area contributed by atoms with Crippen molar-refractivity contribution in [3.05, 3.63) is 0 Å². The molecule has 0 aliphatic carbocycles. The zero-order valence-electron chi connectivity index (χ0n) is 6.85. The fourth-order valence-corrected chi connectivity index (χ4v) is 0.488. The van der Waals surface area contributed by atoms with Crippen molar-refractivity contribution in [3.63, 3.8) is 0 Å². The van der Waals surface area contributed by atoms with Crippen LogP contribution in [0.4, 0.5) is 0 Å².